The van der Waals surface area contributed by atoms with Crippen molar-refractivity contribution >= 4 is 28.4 Å². The maximum absolute atomic E-state index is 13.2. The molecule has 0 bridgehead atoms. The van der Waals surface area contributed by atoms with E-state index in [0.717, 1.165) is 25.3 Å². The third-order valence-electron chi connectivity index (χ3n) is 2.35. The van der Waals surface area contributed by atoms with Crippen LogP contribution in [-0.4, -0.2) is 33.6 Å². The molecule has 0 radical (unpaired) electrons. The summed E-state index contributed by atoms with van der Waals surface area (Å²) < 4.78 is 44.2. The number of carbonyl (C=O) groups excluding carboxylic acids is 1. The summed E-state index contributed by atoms with van der Waals surface area (Å²) >= 11 is 0. The van der Waals surface area contributed by atoms with Crippen LogP contribution in [0.15, 0.2) is 23.1 Å². The lowest BCUT2D eigenvalue weighted by Gasteiger charge is -2.19. The number of nitrogens with two attached hydrogens (primary N) is 1. The van der Waals surface area contributed by atoms with Crippen LogP contribution in [0.25, 0.3) is 0 Å². The highest BCUT2D eigenvalue weighted by atomic mass is 35.5. The van der Waals surface area contributed by atoms with Gasteiger partial charge in [0.2, 0.25) is 10.0 Å². The minimum absolute atomic E-state index is 0. The number of halogens is 2. The molecule has 3 N–H and O–H groups in total. The van der Waals surface area contributed by atoms with Gasteiger partial charge in [0.05, 0.1) is 17.6 Å². The molecule has 0 heterocycles. The Morgan fingerprint density at radius 1 is 1.43 bits per heavy atom. The van der Waals surface area contributed by atoms with Gasteiger partial charge in [0.1, 0.15) is 5.82 Å². The number of hydrogen-bond donors (Lipinski definition) is 2. The molecule has 0 amide bonds. The SMILES string of the molecule is COC(=O)c1cc(F)ccc1S(=O)(=O)NCC(C)(C)N.Cl. The predicted molar refractivity (Wildman–Crippen MR) is 78.4 cm³/mol. The predicted octanol–water partition coefficient (Wildman–Crippen LogP) is 1.05. The fourth-order valence-corrected chi connectivity index (χ4v) is 2.76. The number of hydrogen-bond acceptors (Lipinski definition) is 5. The summed E-state index contributed by atoms with van der Waals surface area (Å²) in [6, 6.07) is 2.77. The molecule has 6 nitrogen and oxygen atoms in total. The van der Waals surface area contributed by atoms with Crippen LogP contribution in [0.1, 0.15) is 24.2 Å². The molecule has 0 saturated carbocycles. The van der Waals surface area contributed by atoms with E-state index in [-0.39, 0.29) is 29.4 Å². The lowest BCUT2D eigenvalue weighted by Crippen LogP contribution is -2.45. The summed E-state index contributed by atoms with van der Waals surface area (Å²) in [5.74, 6) is -1.67. The van der Waals surface area contributed by atoms with Gasteiger partial charge < -0.3 is 10.5 Å². The average molecular weight is 341 g/mol. The summed E-state index contributed by atoms with van der Waals surface area (Å²) in [6.45, 7) is 3.25. The minimum atomic E-state index is -3.99. The number of esters is 1. The Hall–Kier alpha value is -1.22. The van der Waals surface area contributed by atoms with Crippen molar-refractivity contribution < 1.29 is 22.3 Å². The number of rotatable bonds is 5. The van der Waals surface area contributed by atoms with Crippen LogP contribution in [0, 0.1) is 5.82 Å². The summed E-state index contributed by atoms with van der Waals surface area (Å²) in [4.78, 5) is 11.2. The Morgan fingerprint density at radius 3 is 2.48 bits per heavy atom. The van der Waals surface area contributed by atoms with E-state index in [0.29, 0.717) is 0 Å². The number of benzene rings is 1. The van der Waals surface area contributed by atoms with E-state index >= 15 is 0 Å². The lowest BCUT2D eigenvalue weighted by atomic mass is 10.1. The van der Waals surface area contributed by atoms with E-state index in [9.17, 15) is 17.6 Å². The molecule has 0 atom stereocenters. The molecule has 21 heavy (non-hydrogen) atoms. The number of sulfonamides is 1. The van der Waals surface area contributed by atoms with Crippen molar-refractivity contribution in [3.05, 3.63) is 29.6 Å². The van der Waals surface area contributed by atoms with E-state index in [4.69, 9.17) is 5.73 Å². The molecular formula is C12H18ClFN2O4S. The first-order valence-electron chi connectivity index (χ1n) is 5.73. The van der Waals surface area contributed by atoms with E-state index < -0.39 is 27.3 Å². The van der Waals surface area contributed by atoms with E-state index in [2.05, 4.69) is 9.46 Å². The maximum Gasteiger partial charge on any atom is 0.339 e. The zero-order valence-electron chi connectivity index (χ0n) is 11.8. The molecule has 0 aliphatic rings. The number of nitrogens with one attached hydrogen (secondary N) is 1. The van der Waals surface area contributed by atoms with Crippen molar-refractivity contribution in [2.75, 3.05) is 13.7 Å². The second-order valence-electron chi connectivity index (χ2n) is 4.95. The fourth-order valence-electron chi connectivity index (χ4n) is 1.36. The second kappa shape index (κ2) is 7.17. The molecule has 0 aliphatic heterocycles. The molecule has 0 unspecified atom stereocenters. The van der Waals surface area contributed by atoms with Gasteiger partial charge in [-0.2, -0.15) is 0 Å². The first-order chi connectivity index (χ1) is 9.07. The topological polar surface area (TPSA) is 98.5 Å². The Morgan fingerprint density at radius 2 is 2.00 bits per heavy atom. The molecule has 1 aromatic rings. The van der Waals surface area contributed by atoms with E-state index in [1.165, 1.54) is 0 Å². The van der Waals surface area contributed by atoms with Crippen molar-refractivity contribution in [3.63, 3.8) is 0 Å². The summed E-state index contributed by atoms with van der Waals surface area (Å²) in [7, 11) is -2.91. The van der Waals surface area contributed by atoms with Crippen LogP contribution in [0.2, 0.25) is 0 Å². The third kappa shape index (κ3) is 5.58. The zero-order valence-corrected chi connectivity index (χ0v) is 13.5. The lowest BCUT2D eigenvalue weighted by molar-refractivity contribution is 0.0595. The van der Waals surface area contributed by atoms with Crippen molar-refractivity contribution in [1.82, 2.24) is 4.72 Å². The third-order valence-corrected chi connectivity index (χ3v) is 3.81. The van der Waals surface area contributed by atoms with Gasteiger partial charge in [-0.25, -0.2) is 22.3 Å². The quantitative estimate of drug-likeness (QED) is 0.781. The van der Waals surface area contributed by atoms with Gasteiger partial charge in [-0.3, -0.25) is 0 Å². The first kappa shape index (κ1) is 19.8. The van der Waals surface area contributed by atoms with Crippen LogP contribution >= 0.6 is 12.4 Å². The van der Waals surface area contributed by atoms with Crippen LogP contribution < -0.4 is 10.5 Å². The zero-order chi connectivity index (χ0) is 15.6. The molecule has 0 aromatic heterocycles. The normalized spacial score (nSPS) is 11.7. The Kier molecular flexibility index (Phi) is 6.75. The molecule has 0 spiro atoms. The van der Waals surface area contributed by atoms with Crippen molar-refractivity contribution in [2.24, 2.45) is 5.73 Å². The van der Waals surface area contributed by atoms with Gasteiger partial charge in [-0.15, -0.1) is 12.4 Å². The van der Waals surface area contributed by atoms with Gasteiger partial charge in [0.15, 0.2) is 0 Å². The fraction of sp³-hybridized carbons (Fsp3) is 0.417. The van der Waals surface area contributed by atoms with Crippen LogP contribution in [0.5, 0.6) is 0 Å². The molecular weight excluding hydrogens is 323 g/mol. The Labute approximate surface area is 129 Å². The molecule has 120 valence electrons. The van der Waals surface area contributed by atoms with Gasteiger partial charge in [0.25, 0.3) is 0 Å². The van der Waals surface area contributed by atoms with Crippen LogP contribution in [0.4, 0.5) is 4.39 Å². The summed E-state index contributed by atoms with van der Waals surface area (Å²) in [6.07, 6.45) is 0. The molecule has 0 aliphatic carbocycles. The van der Waals surface area contributed by atoms with Crippen LogP contribution in [-0.2, 0) is 14.8 Å². The largest absolute Gasteiger partial charge is 0.465 e. The van der Waals surface area contributed by atoms with Gasteiger partial charge in [-0.1, -0.05) is 0 Å². The highest BCUT2D eigenvalue weighted by Gasteiger charge is 2.25. The van der Waals surface area contributed by atoms with Crippen molar-refractivity contribution in [3.8, 4) is 0 Å². The van der Waals surface area contributed by atoms with E-state index in [1.54, 1.807) is 13.8 Å². The number of ether oxygens (including phenoxy) is 1. The minimum Gasteiger partial charge on any atom is -0.465 e. The monoisotopic (exact) mass is 340 g/mol. The van der Waals surface area contributed by atoms with Gasteiger partial charge >= 0.3 is 5.97 Å². The average Bonchev–Trinajstić information content (AvgIpc) is 2.34. The number of methoxy groups -OCH3 is 1. The summed E-state index contributed by atoms with van der Waals surface area (Å²) in [5, 5.41) is 0. The maximum atomic E-state index is 13.2. The van der Waals surface area contributed by atoms with E-state index in [1.807, 2.05) is 0 Å². The van der Waals surface area contributed by atoms with Gasteiger partial charge in [0, 0.05) is 12.1 Å². The molecule has 9 heteroatoms. The molecule has 0 saturated heterocycles. The smallest absolute Gasteiger partial charge is 0.339 e. The van der Waals surface area contributed by atoms with Crippen LogP contribution in [0.3, 0.4) is 0 Å². The summed E-state index contributed by atoms with van der Waals surface area (Å²) in [5.41, 5.74) is 4.56. The molecule has 0 fully saturated rings. The van der Waals surface area contributed by atoms with Crippen molar-refractivity contribution in [2.45, 2.75) is 24.3 Å². The first-order valence-corrected chi connectivity index (χ1v) is 7.21. The Balaban J connectivity index is 0.00000400. The van der Waals surface area contributed by atoms with Crippen molar-refractivity contribution in [1.29, 1.82) is 0 Å². The second-order valence-corrected chi connectivity index (χ2v) is 6.68. The standard InChI is InChI=1S/C12H17FN2O4S.ClH/c1-12(2,14)7-15-20(17,18)10-5-4-8(13)6-9(10)11(16)19-3;/h4-6,15H,7,14H2,1-3H3;1H. The van der Waals surface area contributed by atoms with Gasteiger partial charge in [-0.05, 0) is 32.0 Å². The molecule has 1 rings (SSSR count). The molecule has 1 aromatic carbocycles. The number of carbonyl (C=O) groups is 1. The highest BCUT2D eigenvalue weighted by molar-refractivity contribution is 7.89. The Bertz CT molecular complexity index is 614. The highest BCUT2D eigenvalue weighted by Crippen LogP contribution is 2.18.